The normalized spacial score (nSPS) is 19.0. The predicted molar refractivity (Wildman–Crippen MR) is 54.5 cm³/mol. The van der Waals surface area contributed by atoms with Crippen LogP contribution in [0.15, 0.2) is 12.1 Å². The van der Waals surface area contributed by atoms with Gasteiger partial charge in [-0.25, -0.2) is 4.39 Å². The van der Waals surface area contributed by atoms with Gasteiger partial charge in [0.2, 0.25) is 11.7 Å². The van der Waals surface area contributed by atoms with Crippen molar-refractivity contribution in [1.82, 2.24) is 0 Å². The molecule has 0 aromatic heterocycles. The minimum Gasteiger partial charge on any atom is -0.486 e. The van der Waals surface area contributed by atoms with Crippen LogP contribution in [-0.4, -0.2) is 18.6 Å². The molecule has 0 spiro atoms. The molecule has 1 unspecified atom stereocenters. The molecule has 0 N–H and O–H groups in total. The van der Waals surface area contributed by atoms with E-state index in [1.54, 1.807) is 6.92 Å². The smallest absolute Gasteiger partial charge is 0.224 e. The molecule has 5 heteroatoms. The Bertz CT molecular complexity index is 448. The Morgan fingerprint density at radius 3 is 2.81 bits per heavy atom. The first-order chi connectivity index (χ1) is 7.52. The summed E-state index contributed by atoms with van der Waals surface area (Å²) in [7, 11) is 0. The van der Waals surface area contributed by atoms with Crippen molar-refractivity contribution in [1.29, 1.82) is 0 Å². The summed E-state index contributed by atoms with van der Waals surface area (Å²) in [6.07, 6.45) is 0. The second-order valence-corrected chi connectivity index (χ2v) is 3.76. The lowest BCUT2D eigenvalue weighted by molar-refractivity contribution is -0.117. The second-order valence-electron chi connectivity index (χ2n) is 3.76. The minimum atomic E-state index is -1.05. The Balaban J connectivity index is 2.57. The number of hydrogen-bond donors (Lipinski definition) is 0. The third-order valence-electron chi connectivity index (χ3n) is 2.54. The van der Waals surface area contributed by atoms with Crippen molar-refractivity contribution in [2.45, 2.75) is 19.9 Å². The van der Waals surface area contributed by atoms with Gasteiger partial charge in [0.25, 0.3) is 0 Å². The molecule has 1 aliphatic heterocycles. The van der Waals surface area contributed by atoms with Gasteiger partial charge in [-0.05, 0) is 19.1 Å². The maximum absolute atomic E-state index is 13.4. The van der Waals surface area contributed by atoms with E-state index in [0.29, 0.717) is 0 Å². The van der Waals surface area contributed by atoms with Crippen molar-refractivity contribution >= 4 is 11.6 Å². The van der Waals surface area contributed by atoms with E-state index in [9.17, 15) is 13.6 Å². The standard InChI is InChI=1S/C11H11F2NO2/c1-6-5-16-11-9(14(6)7(2)15)4-3-8(12)10(11)13/h3-4,6H,5H2,1-2H3. The lowest BCUT2D eigenvalue weighted by Gasteiger charge is -2.34. The van der Waals surface area contributed by atoms with Gasteiger partial charge in [0.15, 0.2) is 11.6 Å². The first-order valence-corrected chi connectivity index (χ1v) is 4.93. The first kappa shape index (κ1) is 10.9. The molecule has 86 valence electrons. The predicted octanol–water partition coefficient (Wildman–Crippen LogP) is 2.10. The molecule has 0 aliphatic carbocycles. The van der Waals surface area contributed by atoms with E-state index in [1.165, 1.54) is 17.9 Å². The zero-order valence-corrected chi connectivity index (χ0v) is 8.96. The summed E-state index contributed by atoms with van der Waals surface area (Å²) >= 11 is 0. The van der Waals surface area contributed by atoms with E-state index in [4.69, 9.17) is 4.74 Å². The quantitative estimate of drug-likeness (QED) is 0.679. The molecule has 0 bridgehead atoms. The molecule has 3 nitrogen and oxygen atoms in total. The minimum absolute atomic E-state index is 0.160. The van der Waals surface area contributed by atoms with Crippen molar-refractivity contribution < 1.29 is 18.3 Å². The number of carbonyl (C=O) groups excluding carboxylic acids is 1. The molecule has 0 saturated carbocycles. The Kier molecular flexibility index (Phi) is 2.53. The summed E-state index contributed by atoms with van der Waals surface area (Å²) in [4.78, 5) is 12.8. The van der Waals surface area contributed by atoms with Crippen LogP contribution in [0.3, 0.4) is 0 Å². The SMILES string of the molecule is CC(=O)N1c2ccc(F)c(F)c2OCC1C. The maximum Gasteiger partial charge on any atom is 0.224 e. The number of hydrogen-bond acceptors (Lipinski definition) is 2. The van der Waals surface area contributed by atoms with Gasteiger partial charge in [-0.1, -0.05) is 0 Å². The first-order valence-electron chi connectivity index (χ1n) is 4.93. The molecule has 0 fully saturated rings. The van der Waals surface area contributed by atoms with Gasteiger partial charge < -0.3 is 9.64 Å². The van der Waals surface area contributed by atoms with Crippen molar-refractivity contribution in [2.24, 2.45) is 0 Å². The molecule has 16 heavy (non-hydrogen) atoms. The number of nitrogens with zero attached hydrogens (tertiary/aromatic N) is 1. The third kappa shape index (κ3) is 1.52. The zero-order chi connectivity index (χ0) is 11.9. The van der Waals surface area contributed by atoms with E-state index in [0.717, 1.165) is 6.07 Å². The molecule has 1 atom stereocenters. The van der Waals surface area contributed by atoms with Crippen LogP contribution < -0.4 is 9.64 Å². The van der Waals surface area contributed by atoms with E-state index < -0.39 is 11.6 Å². The number of benzene rings is 1. The Hall–Kier alpha value is -1.65. The van der Waals surface area contributed by atoms with Crippen LogP contribution in [0.1, 0.15) is 13.8 Å². The number of fused-ring (bicyclic) bond motifs is 1. The van der Waals surface area contributed by atoms with Crippen LogP contribution >= 0.6 is 0 Å². The maximum atomic E-state index is 13.4. The van der Waals surface area contributed by atoms with E-state index in [2.05, 4.69) is 0 Å². The van der Waals surface area contributed by atoms with Crippen molar-refractivity contribution in [2.75, 3.05) is 11.5 Å². The van der Waals surface area contributed by atoms with Gasteiger partial charge in [-0.3, -0.25) is 4.79 Å². The summed E-state index contributed by atoms with van der Waals surface area (Å²) in [5.41, 5.74) is 0.283. The number of amides is 1. The molecule has 1 aromatic rings. The van der Waals surface area contributed by atoms with Crippen molar-refractivity contribution in [3.8, 4) is 5.75 Å². The number of anilines is 1. The molecule has 0 saturated heterocycles. The van der Waals surface area contributed by atoms with Crippen LogP contribution in [0, 0.1) is 11.6 Å². The summed E-state index contributed by atoms with van der Waals surface area (Å²) in [5, 5.41) is 0. The highest BCUT2D eigenvalue weighted by Crippen LogP contribution is 2.37. The van der Waals surface area contributed by atoms with Gasteiger partial charge in [-0.15, -0.1) is 0 Å². The molecule has 1 heterocycles. The topological polar surface area (TPSA) is 29.5 Å². The molecule has 1 aliphatic rings. The van der Waals surface area contributed by atoms with E-state index >= 15 is 0 Å². The number of rotatable bonds is 0. The highest BCUT2D eigenvalue weighted by molar-refractivity contribution is 5.94. The van der Waals surface area contributed by atoms with E-state index in [-0.39, 0.29) is 30.0 Å². The fourth-order valence-electron chi connectivity index (χ4n) is 1.84. The lowest BCUT2D eigenvalue weighted by atomic mass is 10.1. The van der Waals surface area contributed by atoms with Gasteiger partial charge in [0.05, 0.1) is 11.7 Å². The zero-order valence-electron chi connectivity index (χ0n) is 8.96. The fourth-order valence-corrected chi connectivity index (χ4v) is 1.84. The fraction of sp³-hybridized carbons (Fsp3) is 0.364. The van der Waals surface area contributed by atoms with Crippen LogP contribution in [0.25, 0.3) is 0 Å². The average molecular weight is 227 g/mol. The Labute approximate surface area is 91.6 Å². The van der Waals surface area contributed by atoms with Crippen LogP contribution in [-0.2, 0) is 4.79 Å². The molecule has 0 radical (unpaired) electrons. The highest BCUT2D eigenvalue weighted by Gasteiger charge is 2.30. The second kappa shape index (κ2) is 3.73. The number of halogens is 2. The van der Waals surface area contributed by atoms with Crippen molar-refractivity contribution in [3.05, 3.63) is 23.8 Å². The largest absolute Gasteiger partial charge is 0.486 e. The van der Waals surface area contributed by atoms with Crippen LogP contribution in [0.5, 0.6) is 5.75 Å². The Morgan fingerprint density at radius 1 is 1.50 bits per heavy atom. The van der Waals surface area contributed by atoms with Crippen molar-refractivity contribution in [3.63, 3.8) is 0 Å². The summed E-state index contributed by atoms with van der Waals surface area (Å²) in [6, 6.07) is 2.16. The lowest BCUT2D eigenvalue weighted by Crippen LogP contribution is -2.44. The van der Waals surface area contributed by atoms with E-state index in [1.807, 2.05) is 0 Å². The molecular weight excluding hydrogens is 216 g/mol. The number of carbonyl (C=O) groups is 1. The van der Waals surface area contributed by atoms with Crippen LogP contribution in [0.2, 0.25) is 0 Å². The number of ether oxygens (including phenoxy) is 1. The molecular formula is C11H11F2NO2. The summed E-state index contributed by atoms with van der Waals surface area (Å²) < 4.78 is 31.5. The average Bonchev–Trinajstić information content (AvgIpc) is 2.22. The Morgan fingerprint density at radius 2 is 2.19 bits per heavy atom. The monoisotopic (exact) mass is 227 g/mol. The summed E-state index contributed by atoms with van der Waals surface area (Å²) in [5.74, 6) is -2.43. The highest BCUT2D eigenvalue weighted by atomic mass is 19.2. The molecule has 1 amide bonds. The van der Waals surface area contributed by atoms with Gasteiger partial charge in [0.1, 0.15) is 6.61 Å². The van der Waals surface area contributed by atoms with Gasteiger partial charge in [-0.2, -0.15) is 4.39 Å². The molecule has 1 aromatic carbocycles. The molecule has 2 rings (SSSR count). The summed E-state index contributed by atoms with van der Waals surface area (Å²) in [6.45, 7) is 3.32. The van der Waals surface area contributed by atoms with Crippen LogP contribution in [0.4, 0.5) is 14.5 Å². The van der Waals surface area contributed by atoms with Gasteiger partial charge in [0, 0.05) is 6.92 Å². The third-order valence-corrected chi connectivity index (χ3v) is 2.54. The van der Waals surface area contributed by atoms with Gasteiger partial charge >= 0.3 is 0 Å².